The van der Waals surface area contributed by atoms with E-state index in [4.69, 9.17) is 0 Å². The Bertz CT molecular complexity index is 683. The second-order valence-corrected chi connectivity index (χ2v) is 5.53. The van der Waals surface area contributed by atoms with Crippen LogP contribution in [0.15, 0.2) is 54.6 Å². The summed E-state index contributed by atoms with van der Waals surface area (Å²) >= 11 is 0.0398. The van der Waals surface area contributed by atoms with Crippen molar-refractivity contribution in [2.75, 3.05) is 0 Å². The maximum absolute atomic E-state index is 4.08. The average Bonchev–Trinajstić information content (AvgIpc) is 2.35. The molecule has 0 fully saturated rings. The minimum absolute atomic E-state index is 0.0398. The summed E-state index contributed by atoms with van der Waals surface area (Å²) in [7, 11) is 0. The summed E-state index contributed by atoms with van der Waals surface area (Å²) in [6.07, 6.45) is 0. The van der Waals surface area contributed by atoms with Gasteiger partial charge in [0.05, 0.1) is 0 Å². The Kier molecular flexibility index (Phi) is 2.38. The molecule has 16 heavy (non-hydrogen) atoms. The molecule has 3 aromatic rings. The first-order valence-electron chi connectivity index (χ1n) is 5.27. The van der Waals surface area contributed by atoms with E-state index in [0.717, 1.165) is 0 Å². The van der Waals surface area contributed by atoms with Crippen molar-refractivity contribution in [3.63, 3.8) is 0 Å². The van der Waals surface area contributed by atoms with E-state index in [1.165, 1.54) is 25.9 Å². The van der Waals surface area contributed by atoms with Crippen molar-refractivity contribution in [3.8, 4) is 0 Å². The van der Waals surface area contributed by atoms with Gasteiger partial charge in [-0.25, -0.2) is 0 Å². The molecule has 0 aliphatic rings. The van der Waals surface area contributed by atoms with Crippen molar-refractivity contribution in [2.45, 2.75) is 0 Å². The molecule has 1 heteroatoms. The van der Waals surface area contributed by atoms with Gasteiger partial charge in [-0.1, -0.05) is 0 Å². The molecule has 0 amide bonds. The second kappa shape index (κ2) is 3.88. The molecule has 0 spiro atoms. The molecule has 0 heterocycles. The number of hydrogen-bond acceptors (Lipinski definition) is 0. The summed E-state index contributed by atoms with van der Waals surface area (Å²) in [5.41, 5.74) is 0. The van der Waals surface area contributed by atoms with Gasteiger partial charge < -0.3 is 0 Å². The van der Waals surface area contributed by atoms with Crippen LogP contribution in [0.5, 0.6) is 0 Å². The fourth-order valence-corrected chi connectivity index (χ4v) is 3.25. The molecular weight excluding hydrogens is 255 g/mol. The number of fused-ring (bicyclic) bond motifs is 2. The molecule has 0 aromatic heterocycles. The van der Waals surface area contributed by atoms with Crippen LogP contribution < -0.4 is 4.35 Å². The molecule has 0 saturated carbocycles. The van der Waals surface area contributed by atoms with Crippen molar-refractivity contribution in [2.24, 2.45) is 0 Å². The average molecular weight is 266 g/mol. The fraction of sp³-hybridized carbons (Fsp3) is 0. The van der Waals surface area contributed by atoms with Crippen LogP contribution in [-0.2, 0) is 0 Å². The predicted molar refractivity (Wildman–Crippen MR) is 74.0 cm³/mol. The third-order valence-corrected chi connectivity index (χ3v) is 4.43. The van der Waals surface area contributed by atoms with Crippen LogP contribution in [0.25, 0.3) is 21.5 Å². The topological polar surface area (TPSA) is 0 Å². The van der Waals surface area contributed by atoms with Crippen LogP contribution >= 0.6 is 0 Å². The zero-order chi connectivity index (χ0) is 11.0. The molecular formula is C15H11As. The Labute approximate surface area is 101 Å². The Morgan fingerprint density at radius 2 is 1.44 bits per heavy atom. The minimum atomic E-state index is 0.0398. The van der Waals surface area contributed by atoms with Gasteiger partial charge in [0.1, 0.15) is 0 Å². The molecule has 0 N–H and O–H groups in total. The van der Waals surface area contributed by atoms with E-state index in [2.05, 4.69) is 59.9 Å². The SMILES string of the molecule is C=[As]c1cccc2cc3ccccc3cc12. The van der Waals surface area contributed by atoms with Crippen molar-refractivity contribution in [1.82, 2.24) is 0 Å². The van der Waals surface area contributed by atoms with E-state index < -0.39 is 0 Å². The summed E-state index contributed by atoms with van der Waals surface area (Å²) in [4.78, 5) is 0. The standard InChI is InChI=1S/C15H11As/c1-16-15-8-4-7-13-9-11-5-2-3-6-12(11)10-14(13)15/h2-10H,1H2. The second-order valence-electron chi connectivity index (χ2n) is 3.86. The van der Waals surface area contributed by atoms with Gasteiger partial charge >= 0.3 is 101 Å². The molecule has 0 bridgehead atoms. The third kappa shape index (κ3) is 1.50. The van der Waals surface area contributed by atoms with E-state index in [-0.39, 0.29) is 15.3 Å². The molecule has 0 atom stereocenters. The first kappa shape index (κ1) is 9.81. The molecule has 76 valence electrons. The van der Waals surface area contributed by atoms with Gasteiger partial charge in [0.25, 0.3) is 0 Å². The van der Waals surface area contributed by atoms with Crippen LogP contribution in [0.2, 0.25) is 0 Å². The Hall–Kier alpha value is -1.39. The maximum atomic E-state index is 4.08. The monoisotopic (exact) mass is 266 g/mol. The van der Waals surface area contributed by atoms with Gasteiger partial charge in [0.15, 0.2) is 0 Å². The Balaban J connectivity index is 2.51. The van der Waals surface area contributed by atoms with Crippen LogP contribution in [0.3, 0.4) is 0 Å². The Morgan fingerprint density at radius 3 is 2.19 bits per heavy atom. The normalized spacial score (nSPS) is 11.2. The van der Waals surface area contributed by atoms with Gasteiger partial charge in [0.2, 0.25) is 0 Å². The summed E-state index contributed by atoms with van der Waals surface area (Å²) in [5, 5.41) is 9.41. The van der Waals surface area contributed by atoms with Gasteiger partial charge in [0, 0.05) is 0 Å². The quantitative estimate of drug-likeness (QED) is 0.469. The molecule has 0 aliphatic carbocycles. The van der Waals surface area contributed by atoms with Crippen molar-refractivity contribution in [1.29, 1.82) is 0 Å². The molecule has 0 radical (unpaired) electrons. The Morgan fingerprint density at radius 1 is 0.750 bits per heavy atom. The number of rotatable bonds is 1. The molecule has 0 unspecified atom stereocenters. The molecule has 3 aromatic carbocycles. The molecule has 0 aliphatic heterocycles. The summed E-state index contributed by atoms with van der Waals surface area (Å²) in [6.45, 7) is 0. The third-order valence-electron chi connectivity index (χ3n) is 2.89. The van der Waals surface area contributed by atoms with Gasteiger partial charge in [-0.05, 0) is 0 Å². The van der Waals surface area contributed by atoms with Crippen molar-refractivity contribution in [3.05, 3.63) is 54.6 Å². The van der Waals surface area contributed by atoms with Crippen molar-refractivity contribution < 1.29 is 0 Å². The van der Waals surface area contributed by atoms with Crippen LogP contribution in [0.1, 0.15) is 0 Å². The molecule has 0 nitrogen and oxygen atoms in total. The zero-order valence-corrected chi connectivity index (χ0v) is 10.7. The first-order valence-corrected chi connectivity index (χ1v) is 7.53. The number of benzene rings is 3. The first-order chi connectivity index (χ1) is 7.88. The van der Waals surface area contributed by atoms with Crippen LogP contribution in [0, 0.1) is 0 Å². The van der Waals surface area contributed by atoms with Crippen LogP contribution in [0.4, 0.5) is 0 Å². The van der Waals surface area contributed by atoms with E-state index in [1.54, 1.807) is 0 Å². The summed E-state index contributed by atoms with van der Waals surface area (Å²) in [5.74, 6) is 0. The fourth-order valence-electron chi connectivity index (χ4n) is 2.09. The zero-order valence-electron chi connectivity index (χ0n) is 8.85. The van der Waals surface area contributed by atoms with Crippen molar-refractivity contribution >= 4 is 46.5 Å². The van der Waals surface area contributed by atoms with Gasteiger partial charge in [-0.3, -0.25) is 0 Å². The summed E-state index contributed by atoms with van der Waals surface area (Å²) in [6, 6.07) is 19.6. The molecule has 3 rings (SSSR count). The number of hydrogen-bond donors (Lipinski definition) is 0. The van der Waals surface area contributed by atoms with Gasteiger partial charge in [-0.2, -0.15) is 0 Å². The van der Waals surface area contributed by atoms with E-state index in [1.807, 2.05) is 0 Å². The summed E-state index contributed by atoms with van der Waals surface area (Å²) < 4.78 is 1.42. The van der Waals surface area contributed by atoms with Gasteiger partial charge in [-0.15, -0.1) is 0 Å². The van der Waals surface area contributed by atoms with E-state index in [0.29, 0.717) is 0 Å². The predicted octanol–water partition coefficient (Wildman–Crippen LogP) is 2.75. The van der Waals surface area contributed by atoms with E-state index >= 15 is 0 Å². The van der Waals surface area contributed by atoms with Crippen LogP contribution in [-0.4, -0.2) is 20.6 Å². The van der Waals surface area contributed by atoms with E-state index in [9.17, 15) is 0 Å². The molecule has 0 saturated heterocycles.